The molecule has 2 aliphatic rings. The van der Waals surface area contributed by atoms with E-state index >= 15 is 4.39 Å². The lowest BCUT2D eigenvalue weighted by atomic mass is 9.75. The Morgan fingerprint density at radius 1 is 1.00 bits per heavy atom. The number of fused-ring (bicyclic) bond motifs is 1. The normalized spacial score (nSPS) is 18.8. The molecule has 0 bridgehead atoms. The highest BCUT2D eigenvalue weighted by molar-refractivity contribution is 7.13. The van der Waals surface area contributed by atoms with Crippen molar-refractivity contribution in [3.63, 3.8) is 0 Å². The minimum absolute atomic E-state index is 0.110. The van der Waals surface area contributed by atoms with Gasteiger partial charge in [-0.05, 0) is 62.0 Å². The molecule has 1 amide bonds. The summed E-state index contributed by atoms with van der Waals surface area (Å²) >= 11 is 1.55. The molecule has 0 aliphatic carbocycles. The first kappa shape index (κ1) is 29.0. The number of H-pyrrole nitrogens is 1. The number of nitrogens with zero attached hydrogens (tertiary/aromatic N) is 4. The number of aromatic amines is 1. The number of piperazine rings is 1. The highest BCUT2D eigenvalue weighted by Crippen LogP contribution is 2.48. The summed E-state index contributed by atoms with van der Waals surface area (Å²) in [6.45, 7) is 9.81. The lowest BCUT2D eigenvalue weighted by molar-refractivity contribution is 0.0240. The monoisotopic (exact) mass is 607 g/mol. The molecule has 1 saturated heterocycles. The van der Waals surface area contributed by atoms with Crippen molar-refractivity contribution in [1.82, 2.24) is 15.1 Å². The zero-order valence-corrected chi connectivity index (χ0v) is 25.1. The summed E-state index contributed by atoms with van der Waals surface area (Å²) in [4.78, 5) is 22.0. The molecule has 2 aliphatic heterocycles. The lowest BCUT2D eigenvalue weighted by Gasteiger charge is -2.37. The maximum atomic E-state index is 15.0. The molecule has 224 valence electrons. The molecule has 2 aromatic heterocycles. The fraction of sp³-hybridized carbons (Fsp3) is 0.344. The summed E-state index contributed by atoms with van der Waals surface area (Å²) in [6, 6.07) is 13.7. The molecule has 2 aromatic carbocycles. The van der Waals surface area contributed by atoms with Gasteiger partial charge in [0.25, 0.3) is 0 Å². The average molecular weight is 608 g/mol. The molecular weight excluding hydrogens is 575 g/mol. The number of carbonyl (C=O) groups excluding carboxylic acids is 1. The van der Waals surface area contributed by atoms with Gasteiger partial charge in [-0.1, -0.05) is 25.1 Å². The summed E-state index contributed by atoms with van der Waals surface area (Å²) in [5.74, 6) is -3.81. The van der Waals surface area contributed by atoms with Crippen LogP contribution in [0.5, 0.6) is 0 Å². The minimum atomic E-state index is -1.26. The Morgan fingerprint density at radius 2 is 1.70 bits per heavy atom. The Balaban J connectivity index is 1.32. The van der Waals surface area contributed by atoms with Crippen molar-refractivity contribution in [3.8, 4) is 10.6 Å². The van der Waals surface area contributed by atoms with Gasteiger partial charge in [0, 0.05) is 49.3 Å². The SMILES string of the molecule is CC1C(c2c(F)ccc(F)c2F)=Nc2n[nH]c(-c3cccs3)c2C1c1ccc(N2CCN(C(=O)OC(C)(C)C)CC2)cc1. The highest BCUT2D eigenvalue weighted by atomic mass is 32.1. The maximum Gasteiger partial charge on any atom is 0.410 e. The number of aliphatic imine (C=N–C) groups is 1. The predicted molar refractivity (Wildman–Crippen MR) is 162 cm³/mol. The van der Waals surface area contributed by atoms with E-state index in [4.69, 9.17) is 4.74 Å². The Morgan fingerprint density at radius 3 is 2.35 bits per heavy atom. The van der Waals surface area contributed by atoms with Gasteiger partial charge in [-0.2, -0.15) is 5.10 Å². The second-order valence-electron chi connectivity index (χ2n) is 11.8. The summed E-state index contributed by atoms with van der Waals surface area (Å²) in [7, 11) is 0. The van der Waals surface area contributed by atoms with Crippen LogP contribution in [0.15, 0.2) is 58.9 Å². The molecule has 2 unspecified atom stereocenters. The van der Waals surface area contributed by atoms with Gasteiger partial charge in [-0.25, -0.2) is 23.0 Å². The minimum Gasteiger partial charge on any atom is -0.444 e. The fourth-order valence-corrected chi connectivity index (χ4v) is 6.55. The smallest absolute Gasteiger partial charge is 0.410 e. The van der Waals surface area contributed by atoms with E-state index in [2.05, 4.69) is 20.1 Å². The van der Waals surface area contributed by atoms with E-state index in [0.717, 1.165) is 39.5 Å². The van der Waals surface area contributed by atoms with Gasteiger partial charge in [0.05, 0.1) is 21.8 Å². The Hall–Kier alpha value is -4.12. The first-order chi connectivity index (χ1) is 20.5. The van der Waals surface area contributed by atoms with Crippen LogP contribution in [0.25, 0.3) is 10.6 Å². The van der Waals surface area contributed by atoms with Crippen LogP contribution in [-0.4, -0.2) is 58.7 Å². The zero-order valence-electron chi connectivity index (χ0n) is 24.3. The van der Waals surface area contributed by atoms with Crippen molar-refractivity contribution in [2.75, 3.05) is 31.1 Å². The molecule has 1 fully saturated rings. The van der Waals surface area contributed by atoms with Crippen LogP contribution < -0.4 is 4.90 Å². The number of thiophene rings is 1. The Labute approximate surface area is 252 Å². The molecule has 4 heterocycles. The van der Waals surface area contributed by atoms with Gasteiger partial charge < -0.3 is 14.5 Å². The topological polar surface area (TPSA) is 73.8 Å². The van der Waals surface area contributed by atoms with E-state index in [1.165, 1.54) is 0 Å². The maximum absolute atomic E-state index is 15.0. The summed E-state index contributed by atoms with van der Waals surface area (Å²) in [6.07, 6.45) is -0.310. The number of hydrogen-bond donors (Lipinski definition) is 1. The molecule has 6 rings (SSSR count). The van der Waals surface area contributed by atoms with Gasteiger partial charge in [0.2, 0.25) is 0 Å². The van der Waals surface area contributed by atoms with Crippen molar-refractivity contribution in [2.24, 2.45) is 10.9 Å². The lowest BCUT2D eigenvalue weighted by Crippen LogP contribution is -2.50. The Bertz CT molecular complexity index is 1670. The number of carbonyl (C=O) groups is 1. The molecule has 11 heteroatoms. The van der Waals surface area contributed by atoms with Gasteiger partial charge in [0.1, 0.15) is 11.4 Å². The number of anilines is 1. The predicted octanol–water partition coefficient (Wildman–Crippen LogP) is 7.52. The van der Waals surface area contributed by atoms with E-state index in [0.29, 0.717) is 32.0 Å². The van der Waals surface area contributed by atoms with E-state index in [1.807, 2.05) is 69.5 Å². The van der Waals surface area contributed by atoms with Crippen LogP contribution >= 0.6 is 11.3 Å². The third-order valence-electron chi connectivity index (χ3n) is 7.87. The number of rotatable bonds is 4. The van der Waals surface area contributed by atoms with Crippen molar-refractivity contribution in [3.05, 3.63) is 88.1 Å². The largest absolute Gasteiger partial charge is 0.444 e. The van der Waals surface area contributed by atoms with Crippen LogP contribution in [0.2, 0.25) is 0 Å². The number of ether oxygens (including phenoxy) is 1. The molecule has 1 N–H and O–H groups in total. The van der Waals surface area contributed by atoms with E-state index in [9.17, 15) is 13.6 Å². The third kappa shape index (κ3) is 5.53. The van der Waals surface area contributed by atoms with E-state index < -0.39 is 34.5 Å². The second kappa shape index (κ2) is 11.2. The van der Waals surface area contributed by atoms with Gasteiger partial charge in [-0.15, -0.1) is 11.3 Å². The molecular formula is C32H32F3N5O2S. The molecule has 0 radical (unpaired) electrons. The van der Waals surface area contributed by atoms with Crippen LogP contribution in [0.1, 0.15) is 50.3 Å². The quantitative estimate of drug-likeness (QED) is 0.244. The Kier molecular flexibility index (Phi) is 7.53. The summed E-state index contributed by atoms with van der Waals surface area (Å²) in [5, 5.41) is 9.47. The van der Waals surface area contributed by atoms with Crippen molar-refractivity contribution < 1.29 is 22.7 Å². The van der Waals surface area contributed by atoms with Crippen LogP contribution in [0.3, 0.4) is 0 Å². The third-order valence-corrected chi connectivity index (χ3v) is 8.76. The van der Waals surface area contributed by atoms with Crippen LogP contribution in [0.4, 0.5) is 29.5 Å². The fourth-order valence-electron chi connectivity index (χ4n) is 5.82. The standard InChI is InChI=1S/C32H32F3N5O2S/c1-18-24(19-7-9-20(10-8-19)39-13-15-40(16-14-39)31(41)42-32(2,3)4)26-29(23-6-5-17-43-23)37-38-30(26)36-28(18)25-21(33)11-12-22(34)27(25)35/h5-12,17-18,24H,13-16H2,1-4H3,(H,37,38). The molecule has 2 atom stereocenters. The average Bonchev–Trinajstić information content (AvgIpc) is 3.65. The van der Waals surface area contributed by atoms with Crippen molar-refractivity contribution in [2.45, 2.75) is 39.2 Å². The number of aromatic nitrogens is 2. The van der Waals surface area contributed by atoms with Crippen molar-refractivity contribution >= 4 is 34.6 Å². The molecule has 7 nitrogen and oxygen atoms in total. The first-order valence-corrected chi connectivity index (χ1v) is 15.1. The zero-order chi connectivity index (χ0) is 30.5. The molecule has 4 aromatic rings. The van der Waals surface area contributed by atoms with E-state index in [1.54, 1.807) is 16.2 Å². The second-order valence-corrected chi connectivity index (χ2v) is 12.8. The van der Waals surface area contributed by atoms with Gasteiger partial charge >= 0.3 is 6.09 Å². The van der Waals surface area contributed by atoms with E-state index in [-0.39, 0.29) is 17.7 Å². The number of hydrogen-bond acceptors (Lipinski definition) is 6. The molecule has 0 spiro atoms. The van der Waals surface area contributed by atoms with Gasteiger partial charge in [0.15, 0.2) is 17.5 Å². The first-order valence-electron chi connectivity index (χ1n) is 14.2. The summed E-state index contributed by atoms with van der Waals surface area (Å²) in [5.41, 5.74) is 2.63. The number of benzene rings is 2. The van der Waals surface area contributed by atoms with Crippen molar-refractivity contribution in [1.29, 1.82) is 0 Å². The van der Waals surface area contributed by atoms with Gasteiger partial charge in [-0.3, -0.25) is 5.10 Å². The number of halogens is 3. The molecule has 43 heavy (non-hydrogen) atoms. The highest BCUT2D eigenvalue weighted by Gasteiger charge is 2.38. The summed E-state index contributed by atoms with van der Waals surface area (Å²) < 4.78 is 49.8. The van der Waals surface area contributed by atoms with Crippen LogP contribution in [0, 0.1) is 23.4 Å². The number of nitrogens with one attached hydrogen (secondary N) is 1. The molecule has 0 saturated carbocycles. The van der Waals surface area contributed by atoms with Crippen LogP contribution in [-0.2, 0) is 4.74 Å². The number of amides is 1.